The predicted octanol–water partition coefficient (Wildman–Crippen LogP) is 3.10. The highest BCUT2D eigenvalue weighted by Gasteiger charge is 2.22. The molecule has 0 saturated carbocycles. The lowest BCUT2D eigenvalue weighted by Gasteiger charge is -2.21. The average Bonchev–Trinajstić information content (AvgIpc) is 2.69. The molecule has 0 radical (unpaired) electrons. The maximum atomic E-state index is 12.7. The summed E-state index contributed by atoms with van der Waals surface area (Å²) in [5.74, 6) is 1.12. The predicted molar refractivity (Wildman–Crippen MR) is 117 cm³/mol. The number of hydrogen-bond acceptors (Lipinski definition) is 5. The second kappa shape index (κ2) is 9.49. The Morgan fingerprint density at radius 1 is 1.00 bits per heavy atom. The largest absolute Gasteiger partial charge is 0.493 e. The Bertz CT molecular complexity index is 980. The average molecular weight is 435 g/mol. The highest BCUT2D eigenvalue weighted by molar-refractivity contribution is 7.89. The third kappa shape index (κ3) is 6.21. The monoisotopic (exact) mass is 434 g/mol. The molecule has 0 aliphatic heterocycles. The van der Waals surface area contributed by atoms with Crippen LogP contribution in [0.1, 0.15) is 36.7 Å². The molecule has 0 spiro atoms. The number of methoxy groups -OCH3 is 2. The Morgan fingerprint density at radius 2 is 1.60 bits per heavy atom. The van der Waals surface area contributed by atoms with Crippen molar-refractivity contribution in [2.45, 2.75) is 37.6 Å². The normalized spacial score (nSPS) is 11.8. The lowest BCUT2D eigenvalue weighted by atomic mass is 10.1. The van der Waals surface area contributed by atoms with Crippen LogP contribution in [0.15, 0.2) is 47.4 Å². The van der Waals surface area contributed by atoms with E-state index in [1.54, 1.807) is 46.9 Å². The fraction of sp³-hybridized carbons (Fsp3) is 0.409. The van der Waals surface area contributed by atoms with Crippen LogP contribution in [0.2, 0.25) is 0 Å². The zero-order valence-electron chi connectivity index (χ0n) is 18.4. The van der Waals surface area contributed by atoms with Crippen LogP contribution >= 0.6 is 0 Å². The van der Waals surface area contributed by atoms with Gasteiger partial charge in [0.1, 0.15) is 0 Å². The molecule has 0 heterocycles. The molecule has 0 atom stereocenters. The Kier molecular flexibility index (Phi) is 7.49. The minimum Gasteiger partial charge on any atom is -0.493 e. The van der Waals surface area contributed by atoms with Gasteiger partial charge >= 0.3 is 0 Å². The second-order valence-corrected chi connectivity index (χ2v) is 9.73. The van der Waals surface area contributed by atoms with E-state index in [2.05, 4.69) is 4.72 Å². The maximum absolute atomic E-state index is 12.7. The molecule has 0 unspecified atom stereocenters. The summed E-state index contributed by atoms with van der Waals surface area (Å²) in [5, 5.41) is 0. The zero-order chi connectivity index (χ0) is 22.5. The van der Waals surface area contributed by atoms with Crippen LogP contribution in [0.3, 0.4) is 0 Å². The van der Waals surface area contributed by atoms with Gasteiger partial charge in [-0.1, -0.05) is 6.07 Å². The van der Waals surface area contributed by atoms with Crippen molar-refractivity contribution in [3.05, 3.63) is 53.6 Å². The van der Waals surface area contributed by atoms with Crippen LogP contribution in [-0.2, 0) is 16.4 Å². The van der Waals surface area contributed by atoms with Crippen molar-refractivity contribution in [2.75, 3.05) is 27.8 Å². The number of ether oxygens (including phenoxy) is 2. The molecule has 0 bridgehead atoms. The molecular weight excluding hydrogens is 404 g/mol. The summed E-state index contributed by atoms with van der Waals surface area (Å²) in [4.78, 5) is 14.4. The van der Waals surface area contributed by atoms with Gasteiger partial charge < -0.3 is 14.4 Å². The summed E-state index contributed by atoms with van der Waals surface area (Å²) in [6, 6.07) is 11.6. The van der Waals surface area contributed by atoms with Crippen molar-refractivity contribution < 1.29 is 22.7 Å². The van der Waals surface area contributed by atoms with Crippen molar-refractivity contribution in [1.82, 2.24) is 9.62 Å². The molecule has 30 heavy (non-hydrogen) atoms. The van der Waals surface area contributed by atoms with E-state index in [0.29, 0.717) is 30.0 Å². The van der Waals surface area contributed by atoms with E-state index in [9.17, 15) is 13.2 Å². The Balaban J connectivity index is 2.04. The fourth-order valence-electron chi connectivity index (χ4n) is 2.89. The van der Waals surface area contributed by atoms with Gasteiger partial charge in [-0.15, -0.1) is 0 Å². The Morgan fingerprint density at radius 3 is 2.13 bits per heavy atom. The molecule has 1 N–H and O–H groups in total. The van der Waals surface area contributed by atoms with Crippen LogP contribution in [0.4, 0.5) is 0 Å². The van der Waals surface area contributed by atoms with E-state index in [1.807, 2.05) is 18.2 Å². The number of rotatable bonds is 8. The van der Waals surface area contributed by atoms with Crippen molar-refractivity contribution in [3.8, 4) is 11.5 Å². The van der Waals surface area contributed by atoms with Crippen LogP contribution in [0, 0.1) is 0 Å². The number of nitrogens with one attached hydrogen (secondary N) is 1. The van der Waals surface area contributed by atoms with Crippen molar-refractivity contribution in [2.24, 2.45) is 0 Å². The third-order valence-electron chi connectivity index (χ3n) is 4.38. The molecule has 164 valence electrons. The second-order valence-electron chi connectivity index (χ2n) is 8.05. The summed E-state index contributed by atoms with van der Waals surface area (Å²) in [5.41, 5.74) is 0.860. The van der Waals surface area contributed by atoms with E-state index in [0.717, 1.165) is 5.56 Å². The Labute approximate surface area is 179 Å². The maximum Gasteiger partial charge on any atom is 0.253 e. The first kappa shape index (κ1) is 23.7. The van der Waals surface area contributed by atoms with Gasteiger partial charge in [-0.2, -0.15) is 0 Å². The van der Waals surface area contributed by atoms with Crippen molar-refractivity contribution in [3.63, 3.8) is 0 Å². The minimum atomic E-state index is -3.64. The Hall–Kier alpha value is -2.58. The lowest BCUT2D eigenvalue weighted by molar-refractivity contribution is 0.0796. The molecule has 7 nitrogen and oxygen atoms in total. The molecule has 8 heteroatoms. The van der Waals surface area contributed by atoms with E-state index < -0.39 is 15.6 Å². The summed E-state index contributed by atoms with van der Waals surface area (Å²) in [6.07, 6.45) is 0.643. The van der Waals surface area contributed by atoms with Gasteiger partial charge in [-0.25, -0.2) is 13.1 Å². The number of amides is 1. The molecule has 2 aromatic rings. The van der Waals surface area contributed by atoms with Gasteiger partial charge in [0.25, 0.3) is 5.91 Å². The zero-order valence-corrected chi connectivity index (χ0v) is 19.2. The first-order valence-electron chi connectivity index (χ1n) is 9.57. The third-order valence-corrected chi connectivity index (χ3v) is 6.16. The van der Waals surface area contributed by atoms with Crippen LogP contribution in [0.25, 0.3) is 0 Å². The first-order chi connectivity index (χ1) is 14.0. The molecule has 0 aliphatic rings. The van der Waals surface area contributed by atoms with Crippen LogP contribution < -0.4 is 14.2 Å². The molecular formula is C22H30N2O5S. The summed E-state index contributed by atoms with van der Waals surface area (Å²) < 4.78 is 37.9. The van der Waals surface area contributed by atoms with Crippen LogP contribution in [-0.4, -0.2) is 52.6 Å². The molecule has 0 fully saturated rings. The number of sulfonamides is 1. The fourth-order valence-corrected chi connectivity index (χ4v) is 4.31. The van der Waals surface area contributed by atoms with Gasteiger partial charge in [0.05, 0.1) is 19.1 Å². The van der Waals surface area contributed by atoms with Gasteiger partial charge in [0.2, 0.25) is 10.0 Å². The van der Waals surface area contributed by atoms with E-state index >= 15 is 0 Å². The number of carbonyl (C=O) groups is 1. The number of benzene rings is 2. The SMILES string of the molecule is COc1ccc(CCN(C)C(=O)c2ccc(S(=O)(=O)NC(C)(C)C)cc2)cc1OC. The first-order valence-corrected chi connectivity index (χ1v) is 11.1. The van der Waals surface area contributed by atoms with Gasteiger partial charge in [-0.3, -0.25) is 4.79 Å². The minimum absolute atomic E-state index is 0.127. The molecule has 0 aliphatic carbocycles. The standard InChI is InChI=1S/C22H30N2O5S/c1-22(2,3)23-30(26,27)18-10-8-17(9-11-18)21(25)24(4)14-13-16-7-12-19(28-5)20(15-16)29-6/h7-12,15,23H,13-14H2,1-6H3. The van der Waals surface area contributed by atoms with E-state index in [-0.39, 0.29) is 10.8 Å². The van der Waals surface area contributed by atoms with Crippen molar-refractivity contribution >= 4 is 15.9 Å². The number of hydrogen-bond donors (Lipinski definition) is 1. The molecule has 2 aromatic carbocycles. The number of carbonyl (C=O) groups excluding carboxylic acids is 1. The van der Waals surface area contributed by atoms with Gasteiger partial charge in [0, 0.05) is 24.7 Å². The van der Waals surface area contributed by atoms with Crippen molar-refractivity contribution in [1.29, 1.82) is 0 Å². The molecule has 2 rings (SSSR count). The molecule has 0 aromatic heterocycles. The van der Waals surface area contributed by atoms with Gasteiger partial charge in [-0.05, 0) is 69.2 Å². The van der Waals surface area contributed by atoms with E-state index in [1.165, 1.54) is 24.3 Å². The summed E-state index contributed by atoms with van der Waals surface area (Å²) >= 11 is 0. The van der Waals surface area contributed by atoms with E-state index in [4.69, 9.17) is 9.47 Å². The summed E-state index contributed by atoms with van der Waals surface area (Å²) in [7, 11) is 1.25. The number of nitrogens with zero attached hydrogens (tertiary/aromatic N) is 1. The quantitative estimate of drug-likeness (QED) is 0.690. The van der Waals surface area contributed by atoms with Crippen LogP contribution in [0.5, 0.6) is 11.5 Å². The molecule has 1 amide bonds. The smallest absolute Gasteiger partial charge is 0.253 e. The van der Waals surface area contributed by atoms with Gasteiger partial charge in [0.15, 0.2) is 11.5 Å². The summed E-state index contributed by atoms with van der Waals surface area (Å²) in [6.45, 7) is 5.82. The lowest BCUT2D eigenvalue weighted by Crippen LogP contribution is -2.40. The highest BCUT2D eigenvalue weighted by atomic mass is 32.2. The topological polar surface area (TPSA) is 84.9 Å². The number of likely N-dealkylation sites (N-methyl/N-ethyl adjacent to an activating group) is 1. The highest BCUT2D eigenvalue weighted by Crippen LogP contribution is 2.27. The molecule has 0 saturated heterocycles.